The van der Waals surface area contributed by atoms with Crippen LogP contribution in [0.1, 0.15) is 48.4 Å². The third kappa shape index (κ3) is 14.1. The molecule has 60 heavy (non-hydrogen) atoms. The number of aliphatic hydroxyl groups excluding tert-OH is 2. The van der Waals surface area contributed by atoms with Gasteiger partial charge < -0.3 is 39.4 Å². The number of carboxylic acids is 2. The van der Waals surface area contributed by atoms with Gasteiger partial charge in [0.25, 0.3) is 0 Å². The minimum absolute atomic E-state index is 0.0548. The molecule has 3 fully saturated rings. The average molecular weight is 875 g/mol. The number of carboxylic acid groups (broad SMARTS) is 2. The molecule has 0 amide bonds. The maximum Gasteiger partial charge on any atom is 0.335 e. The number of nitrogens with zero attached hydrogens (tertiary/aromatic N) is 4. The molecule has 18 nitrogen and oxygen atoms in total. The molecule has 3 saturated heterocycles. The van der Waals surface area contributed by atoms with Crippen molar-refractivity contribution in [2.75, 3.05) is 64.0 Å². The summed E-state index contributed by atoms with van der Waals surface area (Å²) in [6, 6.07) is 13.7. The monoisotopic (exact) mass is 874 g/mol. The summed E-state index contributed by atoms with van der Waals surface area (Å²) in [5, 5.41) is 36.4. The van der Waals surface area contributed by atoms with E-state index in [0.717, 1.165) is 0 Å². The van der Waals surface area contributed by atoms with Crippen molar-refractivity contribution in [3.05, 3.63) is 84.2 Å². The minimum Gasteiger partial charge on any atom is -0.488 e. The Labute approximate surface area is 348 Å². The van der Waals surface area contributed by atoms with Crippen molar-refractivity contribution in [1.82, 2.24) is 19.8 Å². The lowest BCUT2D eigenvalue weighted by molar-refractivity contribution is 0.0647. The quantitative estimate of drug-likeness (QED) is 0.125. The number of rotatable bonds is 16. The van der Waals surface area contributed by atoms with Crippen molar-refractivity contribution < 1.29 is 65.8 Å². The van der Waals surface area contributed by atoms with Crippen LogP contribution in [0.25, 0.3) is 0 Å². The number of benzene rings is 2. The Morgan fingerprint density at radius 2 is 0.917 bits per heavy atom. The predicted octanol–water partition coefficient (Wildman–Crippen LogP) is 3.87. The van der Waals surface area contributed by atoms with Crippen LogP contribution in [0, 0.1) is 0 Å². The second-order valence-corrected chi connectivity index (χ2v) is 18.0. The first-order valence-electron chi connectivity index (χ1n) is 18.9. The van der Waals surface area contributed by atoms with Gasteiger partial charge in [0.05, 0.1) is 48.2 Å². The second kappa shape index (κ2) is 21.7. The first kappa shape index (κ1) is 47.3. The van der Waals surface area contributed by atoms with Gasteiger partial charge in [-0.25, -0.2) is 36.4 Å². The molecular formula is C40H50N4O14S2. The third-order valence-corrected chi connectivity index (χ3v) is 12.2. The van der Waals surface area contributed by atoms with Crippen molar-refractivity contribution in [1.29, 1.82) is 0 Å². The van der Waals surface area contributed by atoms with E-state index in [0.29, 0.717) is 0 Å². The number of fused-ring (bicyclic) bond motifs is 3. The standard InChI is InChI=1S/2C17H19NO7S.C6H12N2/c2*1-3-26(22,23)16-5-4-13(9-18-16)25-15-7-12(17(20)21)6-14(8-15)24-11(2)10-19;1-2-8-5-3-7(1)4-6-8/h2*4-9,11,19H,3,10H2,1-2H3,(H,20,21);1-6H2/t2*11-;/m00./s1. The molecule has 20 heteroatoms. The van der Waals surface area contributed by atoms with Crippen LogP contribution in [-0.2, 0) is 19.7 Å². The summed E-state index contributed by atoms with van der Waals surface area (Å²) < 4.78 is 69.0. The molecule has 0 aliphatic carbocycles. The van der Waals surface area contributed by atoms with Crippen LogP contribution in [0.4, 0.5) is 0 Å². The summed E-state index contributed by atoms with van der Waals surface area (Å²) in [4.78, 5) is 35.3. The number of aromatic carboxylic acids is 2. The van der Waals surface area contributed by atoms with Gasteiger partial charge in [0.1, 0.15) is 46.7 Å². The minimum atomic E-state index is -3.42. The van der Waals surface area contributed by atoms with Gasteiger partial charge in [-0.15, -0.1) is 0 Å². The van der Waals surface area contributed by atoms with Gasteiger partial charge in [0.15, 0.2) is 29.7 Å². The summed E-state index contributed by atoms with van der Waals surface area (Å²) in [5.74, 6) is -1.18. The van der Waals surface area contributed by atoms with E-state index in [-0.39, 0.29) is 80.4 Å². The van der Waals surface area contributed by atoms with Crippen LogP contribution >= 0.6 is 0 Å². The summed E-state index contributed by atoms with van der Waals surface area (Å²) in [6.45, 7) is 13.8. The Morgan fingerprint density at radius 1 is 0.583 bits per heavy atom. The highest BCUT2D eigenvalue weighted by Crippen LogP contribution is 2.30. The van der Waals surface area contributed by atoms with E-state index in [1.807, 2.05) is 0 Å². The molecule has 2 aromatic heterocycles. The summed E-state index contributed by atoms with van der Waals surface area (Å²) in [6.07, 6.45) is 1.44. The topological polar surface area (TPSA) is 253 Å². The van der Waals surface area contributed by atoms with Crippen LogP contribution in [-0.4, -0.2) is 145 Å². The van der Waals surface area contributed by atoms with Crippen LogP contribution in [0.5, 0.6) is 34.5 Å². The maximum atomic E-state index is 11.8. The maximum absolute atomic E-state index is 11.8. The molecule has 4 N–H and O–H groups in total. The first-order chi connectivity index (χ1) is 28.4. The van der Waals surface area contributed by atoms with Gasteiger partial charge in [-0.05, 0) is 62.4 Å². The molecule has 5 heterocycles. The smallest absolute Gasteiger partial charge is 0.335 e. The lowest BCUT2D eigenvalue weighted by atomic mass is 10.2. The highest BCUT2D eigenvalue weighted by Gasteiger charge is 2.22. The number of aliphatic hydroxyl groups is 2. The van der Waals surface area contributed by atoms with Gasteiger partial charge in [-0.3, -0.25) is 9.80 Å². The molecule has 0 unspecified atom stereocenters. The SMILES string of the molecule is C1CN2CCN1CC2.CCS(=O)(=O)c1ccc(Oc2cc(O[C@@H](C)CO)cc(C(=O)O)c2)cn1.CCS(=O)(=O)c1ccc(Oc2cc(O[C@@H](C)CO)cc(C(=O)O)c2)cn1. The summed E-state index contributed by atoms with van der Waals surface area (Å²) in [5.41, 5.74) is -0.110. The highest BCUT2D eigenvalue weighted by molar-refractivity contribution is 7.91. The molecule has 7 rings (SSSR count). The van der Waals surface area contributed by atoms with Crippen LogP contribution in [0.15, 0.2) is 83.1 Å². The zero-order valence-electron chi connectivity index (χ0n) is 33.6. The normalized spacial score (nSPS) is 16.8. The van der Waals surface area contributed by atoms with Crippen molar-refractivity contribution in [2.45, 2.75) is 50.0 Å². The molecule has 0 radical (unpaired) electrons. The Morgan fingerprint density at radius 3 is 1.17 bits per heavy atom. The fourth-order valence-electron chi connectivity index (χ4n) is 5.49. The molecule has 326 valence electrons. The number of sulfone groups is 2. The van der Waals surface area contributed by atoms with Gasteiger partial charge in [0, 0.05) is 51.4 Å². The van der Waals surface area contributed by atoms with Crippen LogP contribution in [0.2, 0.25) is 0 Å². The number of carbonyl (C=O) groups is 2. The molecule has 2 atom stereocenters. The molecule has 3 aliphatic rings. The van der Waals surface area contributed by atoms with E-state index in [1.165, 1.54) is 126 Å². The van der Waals surface area contributed by atoms with E-state index in [9.17, 15) is 36.6 Å². The zero-order valence-corrected chi connectivity index (χ0v) is 35.3. The molecule has 2 aromatic carbocycles. The number of pyridine rings is 2. The molecular weight excluding hydrogens is 825 g/mol. The van der Waals surface area contributed by atoms with E-state index in [4.69, 9.17) is 29.2 Å². The van der Waals surface area contributed by atoms with Crippen molar-refractivity contribution in [2.24, 2.45) is 0 Å². The van der Waals surface area contributed by atoms with Crippen LogP contribution < -0.4 is 18.9 Å². The zero-order chi connectivity index (χ0) is 44.0. The average Bonchev–Trinajstić information content (AvgIpc) is 3.25. The third-order valence-electron chi connectivity index (χ3n) is 8.93. The number of piperazine rings is 3. The summed E-state index contributed by atoms with van der Waals surface area (Å²) in [7, 11) is -6.83. The largest absolute Gasteiger partial charge is 0.488 e. The molecule has 0 spiro atoms. The summed E-state index contributed by atoms with van der Waals surface area (Å²) >= 11 is 0. The van der Waals surface area contributed by atoms with E-state index >= 15 is 0 Å². The van der Waals surface area contributed by atoms with E-state index < -0.39 is 43.8 Å². The van der Waals surface area contributed by atoms with E-state index in [2.05, 4.69) is 19.8 Å². The van der Waals surface area contributed by atoms with E-state index in [1.54, 1.807) is 13.8 Å². The van der Waals surface area contributed by atoms with Crippen LogP contribution in [0.3, 0.4) is 0 Å². The van der Waals surface area contributed by atoms with Gasteiger partial charge >= 0.3 is 11.9 Å². The van der Waals surface area contributed by atoms with Crippen molar-refractivity contribution >= 4 is 31.6 Å². The fourth-order valence-corrected chi connectivity index (χ4v) is 7.06. The Hall–Kier alpha value is -5.38. The fraction of sp³-hybridized carbons (Fsp3) is 0.400. The Kier molecular flexibility index (Phi) is 17.1. The van der Waals surface area contributed by atoms with Gasteiger partial charge in [0.2, 0.25) is 0 Å². The van der Waals surface area contributed by atoms with Crippen molar-refractivity contribution in [3.63, 3.8) is 0 Å². The second-order valence-electron chi connectivity index (χ2n) is 13.6. The lowest BCUT2D eigenvalue weighted by Gasteiger charge is -2.41. The Bertz CT molecular complexity index is 2100. The van der Waals surface area contributed by atoms with Crippen molar-refractivity contribution in [3.8, 4) is 34.5 Å². The predicted molar refractivity (Wildman–Crippen MR) is 218 cm³/mol. The van der Waals surface area contributed by atoms with Gasteiger partial charge in [-0.1, -0.05) is 13.8 Å². The number of ether oxygens (including phenoxy) is 4. The number of aromatic nitrogens is 2. The first-order valence-corrected chi connectivity index (χ1v) is 22.3. The molecule has 3 aliphatic heterocycles. The Balaban J connectivity index is 0.000000222. The molecule has 4 aromatic rings. The van der Waals surface area contributed by atoms with Gasteiger partial charge in [-0.2, -0.15) is 0 Å². The number of hydrogen-bond acceptors (Lipinski definition) is 16. The molecule has 0 saturated carbocycles. The highest BCUT2D eigenvalue weighted by atomic mass is 32.2. The lowest BCUT2D eigenvalue weighted by Crippen LogP contribution is -2.55. The molecule has 2 bridgehead atoms. The number of hydrogen-bond donors (Lipinski definition) is 4.